The van der Waals surface area contributed by atoms with Crippen LogP contribution in [-0.2, 0) is 6.54 Å². The highest BCUT2D eigenvalue weighted by Gasteiger charge is 2.08. The highest BCUT2D eigenvalue weighted by Crippen LogP contribution is 2.15. The molecule has 0 aromatic carbocycles. The van der Waals surface area contributed by atoms with Crippen molar-refractivity contribution in [3.63, 3.8) is 0 Å². The van der Waals surface area contributed by atoms with Gasteiger partial charge < -0.3 is 9.32 Å². The molecular weight excluding hydrogens is 218 g/mol. The van der Waals surface area contributed by atoms with E-state index in [1.54, 1.807) is 6.26 Å². The van der Waals surface area contributed by atoms with Crippen LogP contribution >= 0.6 is 0 Å². The Hall–Kier alpha value is -2.08. The number of aromatic nitrogens is 2. The van der Waals surface area contributed by atoms with Crippen molar-refractivity contribution >= 4 is 11.8 Å². The number of nitrogens with zero attached hydrogens (tertiary/aromatic N) is 3. The summed E-state index contributed by atoms with van der Waals surface area (Å²) in [4.78, 5) is 10.4. The van der Waals surface area contributed by atoms with Gasteiger partial charge in [-0.05, 0) is 19.1 Å². The SMILES string of the molecule is Cc1cc(N(C)Cc2ccco2)nc(NN)n1. The van der Waals surface area contributed by atoms with Gasteiger partial charge in [0.25, 0.3) is 0 Å². The number of hydrazine groups is 1. The third-order valence-electron chi connectivity index (χ3n) is 2.33. The monoisotopic (exact) mass is 233 g/mol. The van der Waals surface area contributed by atoms with Crippen LogP contribution in [0.2, 0.25) is 0 Å². The topological polar surface area (TPSA) is 80.2 Å². The van der Waals surface area contributed by atoms with Crippen LogP contribution in [0.5, 0.6) is 0 Å². The Bertz CT molecular complexity index is 483. The number of hydrogen-bond donors (Lipinski definition) is 2. The van der Waals surface area contributed by atoms with Crippen molar-refractivity contribution in [2.75, 3.05) is 17.4 Å². The largest absolute Gasteiger partial charge is 0.467 e. The fraction of sp³-hybridized carbons (Fsp3) is 0.273. The van der Waals surface area contributed by atoms with Crippen molar-refractivity contribution in [3.05, 3.63) is 35.9 Å². The van der Waals surface area contributed by atoms with E-state index in [1.165, 1.54) is 0 Å². The number of hydrogen-bond acceptors (Lipinski definition) is 6. The maximum Gasteiger partial charge on any atom is 0.239 e. The van der Waals surface area contributed by atoms with Crippen molar-refractivity contribution in [1.82, 2.24) is 9.97 Å². The van der Waals surface area contributed by atoms with E-state index in [0.717, 1.165) is 17.3 Å². The average Bonchev–Trinajstić information content (AvgIpc) is 2.81. The Kier molecular flexibility index (Phi) is 3.24. The summed E-state index contributed by atoms with van der Waals surface area (Å²) in [7, 11) is 1.94. The summed E-state index contributed by atoms with van der Waals surface area (Å²) in [6, 6.07) is 5.68. The number of nitrogen functional groups attached to an aromatic ring is 1. The number of nitrogens with two attached hydrogens (primary N) is 1. The quantitative estimate of drug-likeness (QED) is 0.612. The molecule has 2 heterocycles. The molecule has 6 heteroatoms. The molecule has 0 bridgehead atoms. The van der Waals surface area contributed by atoms with Crippen molar-refractivity contribution in [2.45, 2.75) is 13.5 Å². The second kappa shape index (κ2) is 4.84. The second-order valence-electron chi connectivity index (χ2n) is 3.77. The zero-order valence-corrected chi connectivity index (χ0v) is 9.84. The molecule has 2 aromatic heterocycles. The van der Waals surface area contributed by atoms with E-state index in [4.69, 9.17) is 10.3 Å². The first-order valence-corrected chi connectivity index (χ1v) is 5.25. The normalized spacial score (nSPS) is 10.3. The average molecular weight is 233 g/mol. The third-order valence-corrected chi connectivity index (χ3v) is 2.33. The van der Waals surface area contributed by atoms with Gasteiger partial charge in [0, 0.05) is 18.8 Å². The van der Waals surface area contributed by atoms with E-state index in [0.29, 0.717) is 12.5 Å². The van der Waals surface area contributed by atoms with Crippen molar-refractivity contribution in [3.8, 4) is 0 Å². The molecule has 2 rings (SSSR count). The highest BCUT2D eigenvalue weighted by molar-refractivity contribution is 5.43. The molecule has 0 radical (unpaired) electrons. The van der Waals surface area contributed by atoms with Crippen LogP contribution in [0.3, 0.4) is 0 Å². The Balaban J connectivity index is 2.18. The molecule has 0 atom stereocenters. The summed E-state index contributed by atoms with van der Waals surface area (Å²) in [6.45, 7) is 2.54. The molecule has 0 saturated heterocycles. The van der Waals surface area contributed by atoms with E-state index in [-0.39, 0.29) is 0 Å². The minimum absolute atomic E-state index is 0.409. The molecule has 90 valence electrons. The maximum absolute atomic E-state index is 5.31. The lowest BCUT2D eigenvalue weighted by Gasteiger charge is -2.17. The standard InChI is InChI=1S/C11H15N5O/c1-8-6-10(14-11(13-8)15-12)16(2)7-9-4-3-5-17-9/h3-6H,7,12H2,1-2H3,(H,13,14,15). The maximum atomic E-state index is 5.31. The number of anilines is 2. The highest BCUT2D eigenvalue weighted by atomic mass is 16.3. The molecule has 0 spiro atoms. The lowest BCUT2D eigenvalue weighted by Crippen LogP contribution is -2.19. The minimum Gasteiger partial charge on any atom is -0.467 e. The molecule has 0 amide bonds. The van der Waals surface area contributed by atoms with Gasteiger partial charge in [-0.25, -0.2) is 10.8 Å². The van der Waals surface area contributed by atoms with Crippen molar-refractivity contribution < 1.29 is 4.42 Å². The number of nitrogens with one attached hydrogen (secondary N) is 1. The third kappa shape index (κ3) is 2.73. The van der Waals surface area contributed by atoms with Crippen molar-refractivity contribution in [2.24, 2.45) is 5.84 Å². The molecule has 0 aliphatic carbocycles. The Morgan fingerprint density at radius 1 is 1.47 bits per heavy atom. The first-order valence-electron chi connectivity index (χ1n) is 5.25. The lowest BCUT2D eigenvalue weighted by atomic mass is 10.3. The molecule has 0 unspecified atom stereocenters. The van der Waals surface area contributed by atoms with E-state index in [2.05, 4.69) is 15.4 Å². The predicted octanol–water partition coefficient (Wildman–Crippen LogP) is 1.30. The van der Waals surface area contributed by atoms with E-state index in [9.17, 15) is 0 Å². The van der Waals surface area contributed by atoms with Crippen LogP contribution in [-0.4, -0.2) is 17.0 Å². The van der Waals surface area contributed by atoms with Gasteiger partial charge in [0.2, 0.25) is 5.95 Å². The summed E-state index contributed by atoms with van der Waals surface area (Å²) in [5.41, 5.74) is 3.31. The molecular formula is C11H15N5O. The zero-order valence-electron chi connectivity index (χ0n) is 9.84. The summed E-state index contributed by atoms with van der Waals surface area (Å²) in [5, 5.41) is 0. The summed E-state index contributed by atoms with van der Waals surface area (Å²) in [5.74, 6) is 7.39. The van der Waals surface area contributed by atoms with Crippen LogP contribution in [0.15, 0.2) is 28.9 Å². The molecule has 0 aliphatic heterocycles. The summed E-state index contributed by atoms with van der Waals surface area (Å²) in [6.07, 6.45) is 1.65. The molecule has 6 nitrogen and oxygen atoms in total. The Labute approximate surface area is 99.4 Å². The molecule has 0 saturated carbocycles. The number of rotatable bonds is 4. The van der Waals surface area contributed by atoms with Crippen LogP contribution < -0.4 is 16.2 Å². The van der Waals surface area contributed by atoms with Crippen molar-refractivity contribution in [1.29, 1.82) is 0 Å². The van der Waals surface area contributed by atoms with Crippen LogP contribution in [0.25, 0.3) is 0 Å². The zero-order chi connectivity index (χ0) is 12.3. The second-order valence-corrected chi connectivity index (χ2v) is 3.77. The Morgan fingerprint density at radius 3 is 2.94 bits per heavy atom. The number of furan rings is 1. The molecule has 0 fully saturated rings. The van der Waals surface area contributed by atoms with E-state index in [1.807, 2.05) is 37.1 Å². The van der Waals surface area contributed by atoms with Gasteiger partial charge in [-0.3, -0.25) is 5.43 Å². The van der Waals surface area contributed by atoms with Gasteiger partial charge in [0.1, 0.15) is 11.6 Å². The van der Waals surface area contributed by atoms with Gasteiger partial charge in [-0.1, -0.05) is 0 Å². The lowest BCUT2D eigenvalue weighted by molar-refractivity contribution is 0.507. The fourth-order valence-corrected chi connectivity index (χ4v) is 1.53. The van der Waals surface area contributed by atoms with Crippen LogP contribution in [0.1, 0.15) is 11.5 Å². The fourth-order valence-electron chi connectivity index (χ4n) is 1.53. The number of aryl methyl sites for hydroxylation is 1. The Morgan fingerprint density at radius 2 is 2.29 bits per heavy atom. The minimum atomic E-state index is 0.409. The predicted molar refractivity (Wildman–Crippen MR) is 65.4 cm³/mol. The molecule has 0 aliphatic rings. The first-order chi connectivity index (χ1) is 8.19. The van der Waals surface area contributed by atoms with E-state index < -0.39 is 0 Å². The molecule has 3 N–H and O–H groups in total. The van der Waals surface area contributed by atoms with Gasteiger partial charge in [0.05, 0.1) is 12.8 Å². The molecule has 17 heavy (non-hydrogen) atoms. The smallest absolute Gasteiger partial charge is 0.239 e. The van der Waals surface area contributed by atoms with Gasteiger partial charge in [-0.15, -0.1) is 0 Å². The summed E-state index contributed by atoms with van der Waals surface area (Å²) >= 11 is 0. The molecule has 2 aromatic rings. The van der Waals surface area contributed by atoms with Gasteiger partial charge in [-0.2, -0.15) is 4.98 Å². The van der Waals surface area contributed by atoms with E-state index >= 15 is 0 Å². The van der Waals surface area contributed by atoms with Crippen LogP contribution in [0.4, 0.5) is 11.8 Å². The van der Waals surface area contributed by atoms with Gasteiger partial charge in [0.15, 0.2) is 0 Å². The summed E-state index contributed by atoms with van der Waals surface area (Å²) < 4.78 is 5.29. The van der Waals surface area contributed by atoms with Gasteiger partial charge >= 0.3 is 0 Å². The first kappa shape index (κ1) is 11.4. The van der Waals surface area contributed by atoms with Crippen LogP contribution in [0, 0.1) is 6.92 Å².